The van der Waals surface area contributed by atoms with E-state index in [9.17, 15) is 0 Å². The summed E-state index contributed by atoms with van der Waals surface area (Å²) >= 11 is 6.95. The largest absolute Gasteiger partial charge is 0.389 e. The van der Waals surface area contributed by atoms with Gasteiger partial charge in [-0.25, -0.2) is 4.98 Å². The maximum atomic E-state index is 5.66. The Hall–Kier alpha value is -0.810. The standard InChI is InChI=1S/C12H19N3S2/c1-3-17-8-6-9(2)15-12-10(11(13)16)5-4-7-14-12/h4-5,7,9H,3,6,8H2,1-2H3,(H2,13,16)(H,14,15). The monoisotopic (exact) mass is 269 g/mol. The van der Waals surface area contributed by atoms with Gasteiger partial charge in [0.05, 0.1) is 5.56 Å². The average Bonchev–Trinajstić information content (AvgIpc) is 2.29. The van der Waals surface area contributed by atoms with E-state index in [1.807, 2.05) is 23.9 Å². The minimum atomic E-state index is 0.372. The van der Waals surface area contributed by atoms with Crippen LogP contribution in [0.5, 0.6) is 0 Å². The van der Waals surface area contributed by atoms with Crippen molar-refractivity contribution in [2.24, 2.45) is 5.73 Å². The van der Waals surface area contributed by atoms with Crippen molar-refractivity contribution in [3.8, 4) is 0 Å². The number of anilines is 1. The lowest BCUT2D eigenvalue weighted by atomic mass is 10.2. The molecular weight excluding hydrogens is 250 g/mol. The van der Waals surface area contributed by atoms with Crippen molar-refractivity contribution >= 4 is 34.8 Å². The molecule has 0 saturated heterocycles. The molecule has 1 atom stereocenters. The van der Waals surface area contributed by atoms with Gasteiger partial charge in [-0.2, -0.15) is 11.8 Å². The van der Waals surface area contributed by atoms with Gasteiger partial charge in [0, 0.05) is 12.2 Å². The molecule has 0 fully saturated rings. The lowest BCUT2D eigenvalue weighted by Gasteiger charge is -2.16. The maximum Gasteiger partial charge on any atom is 0.136 e. The van der Waals surface area contributed by atoms with Crippen LogP contribution in [-0.2, 0) is 0 Å². The van der Waals surface area contributed by atoms with E-state index in [-0.39, 0.29) is 0 Å². The molecule has 0 radical (unpaired) electrons. The van der Waals surface area contributed by atoms with Crippen LogP contribution in [0, 0.1) is 0 Å². The molecule has 3 N–H and O–H groups in total. The van der Waals surface area contributed by atoms with Crippen molar-refractivity contribution in [2.45, 2.75) is 26.3 Å². The molecule has 3 nitrogen and oxygen atoms in total. The highest BCUT2D eigenvalue weighted by molar-refractivity contribution is 7.99. The van der Waals surface area contributed by atoms with Gasteiger partial charge in [0.15, 0.2) is 0 Å². The van der Waals surface area contributed by atoms with Crippen molar-refractivity contribution in [3.63, 3.8) is 0 Å². The SMILES string of the molecule is CCSCCC(C)Nc1ncccc1C(N)=S. The molecule has 0 aliphatic carbocycles. The normalized spacial score (nSPS) is 12.1. The molecule has 0 bridgehead atoms. The summed E-state index contributed by atoms with van der Waals surface area (Å²) in [6, 6.07) is 4.11. The van der Waals surface area contributed by atoms with Crippen molar-refractivity contribution < 1.29 is 0 Å². The van der Waals surface area contributed by atoms with E-state index in [2.05, 4.69) is 24.1 Å². The number of nitrogens with one attached hydrogen (secondary N) is 1. The topological polar surface area (TPSA) is 50.9 Å². The van der Waals surface area contributed by atoms with Crippen molar-refractivity contribution in [1.29, 1.82) is 0 Å². The third-order valence-corrected chi connectivity index (χ3v) is 3.51. The first-order chi connectivity index (χ1) is 8.15. The van der Waals surface area contributed by atoms with E-state index >= 15 is 0 Å². The second-order valence-corrected chi connectivity index (χ2v) is 5.63. The highest BCUT2D eigenvalue weighted by atomic mass is 32.2. The maximum absolute atomic E-state index is 5.66. The molecule has 0 saturated carbocycles. The third-order valence-electron chi connectivity index (χ3n) is 2.36. The summed E-state index contributed by atoms with van der Waals surface area (Å²) in [4.78, 5) is 4.67. The molecule has 17 heavy (non-hydrogen) atoms. The van der Waals surface area contributed by atoms with E-state index in [4.69, 9.17) is 18.0 Å². The predicted molar refractivity (Wildman–Crippen MR) is 80.8 cm³/mol. The van der Waals surface area contributed by atoms with E-state index in [1.54, 1.807) is 6.20 Å². The van der Waals surface area contributed by atoms with E-state index in [0.717, 1.165) is 29.3 Å². The first kappa shape index (κ1) is 14.3. The molecule has 1 aromatic rings. The Morgan fingerprint density at radius 1 is 1.65 bits per heavy atom. The molecule has 1 heterocycles. The van der Waals surface area contributed by atoms with Crippen LogP contribution in [-0.4, -0.2) is 27.5 Å². The smallest absolute Gasteiger partial charge is 0.136 e. The fourth-order valence-electron chi connectivity index (χ4n) is 1.43. The molecule has 0 amide bonds. The fourth-order valence-corrected chi connectivity index (χ4v) is 2.40. The number of nitrogens with zero attached hydrogens (tertiary/aromatic N) is 1. The minimum Gasteiger partial charge on any atom is -0.389 e. The molecule has 94 valence electrons. The van der Waals surface area contributed by atoms with Crippen LogP contribution in [0.1, 0.15) is 25.8 Å². The van der Waals surface area contributed by atoms with Gasteiger partial charge >= 0.3 is 0 Å². The van der Waals surface area contributed by atoms with Crippen LogP contribution in [0.15, 0.2) is 18.3 Å². The van der Waals surface area contributed by atoms with Crippen molar-refractivity contribution in [2.75, 3.05) is 16.8 Å². The van der Waals surface area contributed by atoms with E-state index < -0.39 is 0 Å². The number of thiocarbonyl (C=S) groups is 1. The Labute approximate surface area is 113 Å². The van der Waals surface area contributed by atoms with Crippen molar-refractivity contribution in [1.82, 2.24) is 4.98 Å². The van der Waals surface area contributed by atoms with Gasteiger partial charge in [0.1, 0.15) is 10.8 Å². The van der Waals surface area contributed by atoms with Gasteiger partial charge in [-0.05, 0) is 37.0 Å². The predicted octanol–water partition coefficient (Wildman–Crippen LogP) is 2.66. The van der Waals surface area contributed by atoms with Crippen LogP contribution in [0.25, 0.3) is 0 Å². The summed E-state index contributed by atoms with van der Waals surface area (Å²) in [5, 5.41) is 3.36. The quantitative estimate of drug-likeness (QED) is 0.589. The zero-order chi connectivity index (χ0) is 12.7. The van der Waals surface area contributed by atoms with Gasteiger partial charge in [0.2, 0.25) is 0 Å². The van der Waals surface area contributed by atoms with Crippen LogP contribution in [0.4, 0.5) is 5.82 Å². The number of thioether (sulfide) groups is 1. The second-order valence-electron chi connectivity index (χ2n) is 3.79. The third kappa shape index (κ3) is 4.91. The van der Waals surface area contributed by atoms with Gasteiger partial charge in [0.25, 0.3) is 0 Å². The summed E-state index contributed by atoms with van der Waals surface area (Å²) in [7, 11) is 0. The zero-order valence-corrected chi connectivity index (χ0v) is 11.9. The molecule has 0 aliphatic heterocycles. The first-order valence-corrected chi connectivity index (χ1v) is 7.30. The number of nitrogens with two attached hydrogens (primary N) is 1. The Balaban J connectivity index is 2.58. The summed E-state index contributed by atoms with van der Waals surface area (Å²) < 4.78 is 0. The highest BCUT2D eigenvalue weighted by Gasteiger charge is 2.08. The summed E-state index contributed by atoms with van der Waals surface area (Å²) in [5.74, 6) is 3.10. The van der Waals surface area contributed by atoms with Gasteiger partial charge < -0.3 is 11.1 Å². The highest BCUT2D eigenvalue weighted by Crippen LogP contribution is 2.14. The minimum absolute atomic E-state index is 0.372. The summed E-state index contributed by atoms with van der Waals surface area (Å²) in [6.07, 6.45) is 2.85. The first-order valence-electron chi connectivity index (χ1n) is 5.74. The number of hydrogen-bond acceptors (Lipinski definition) is 4. The van der Waals surface area contributed by atoms with Gasteiger partial charge in [-0.3, -0.25) is 0 Å². The summed E-state index contributed by atoms with van der Waals surface area (Å²) in [6.45, 7) is 4.32. The molecule has 0 aliphatic rings. The van der Waals surface area contributed by atoms with Gasteiger partial charge in [-0.15, -0.1) is 0 Å². The average molecular weight is 269 g/mol. The lowest BCUT2D eigenvalue weighted by molar-refractivity contribution is 0.766. The number of hydrogen-bond donors (Lipinski definition) is 2. The van der Waals surface area contributed by atoms with Crippen LogP contribution in [0.2, 0.25) is 0 Å². The Morgan fingerprint density at radius 2 is 2.41 bits per heavy atom. The number of aromatic nitrogens is 1. The lowest BCUT2D eigenvalue weighted by Crippen LogP contribution is -2.21. The van der Waals surface area contributed by atoms with Crippen LogP contribution in [0.3, 0.4) is 0 Å². The molecular formula is C12H19N3S2. The molecule has 5 heteroatoms. The fraction of sp³-hybridized carbons (Fsp3) is 0.500. The van der Waals surface area contributed by atoms with Crippen LogP contribution < -0.4 is 11.1 Å². The van der Waals surface area contributed by atoms with Crippen molar-refractivity contribution in [3.05, 3.63) is 23.9 Å². The van der Waals surface area contributed by atoms with Crippen LogP contribution >= 0.6 is 24.0 Å². The number of rotatable bonds is 7. The number of pyridine rings is 1. The zero-order valence-electron chi connectivity index (χ0n) is 10.3. The molecule has 0 aromatic carbocycles. The second kappa shape index (κ2) is 7.50. The Kier molecular flexibility index (Phi) is 6.29. The molecule has 1 rings (SSSR count). The van der Waals surface area contributed by atoms with E-state index in [1.165, 1.54) is 0 Å². The Bertz CT molecular complexity index is 369. The molecule has 1 unspecified atom stereocenters. The molecule has 1 aromatic heterocycles. The molecule has 0 spiro atoms. The van der Waals surface area contributed by atoms with Gasteiger partial charge in [-0.1, -0.05) is 19.1 Å². The summed E-state index contributed by atoms with van der Waals surface area (Å²) in [5.41, 5.74) is 6.48. The van der Waals surface area contributed by atoms with E-state index in [0.29, 0.717) is 11.0 Å². The Morgan fingerprint density at radius 3 is 3.06 bits per heavy atom.